The highest BCUT2D eigenvalue weighted by Gasteiger charge is 2.05. The van der Waals surface area contributed by atoms with Crippen molar-refractivity contribution in [1.82, 2.24) is 0 Å². The predicted octanol–water partition coefficient (Wildman–Crippen LogP) is 2.04. The largest absolute Gasteiger partial charge is 0.378 e. The number of hydrogen-bond donors (Lipinski definition) is 0. The van der Waals surface area contributed by atoms with E-state index >= 15 is 0 Å². The van der Waals surface area contributed by atoms with Crippen LogP contribution in [0.15, 0.2) is 24.3 Å². The zero-order chi connectivity index (χ0) is 11.4. The number of benzene rings is 1. The zero-order valence-corrected chi connectivity index (χ0v) is 9.88. The lowest BCUT2D eigenvalue weighted by molar-refractivity contribution is 1.13. The Hall–Kier alpha value is -1.60. The van der Waals surface area contributed by atoms with Crippen molar-refractivity contribution < 1.29 is 0 Å². The first-order chi connectivity index (χ1) is 7.06. The van der Waals surface area contributed by atoms with Gasteiger partial charge in [0, 0.05) is 32.5 Å². The molecule has 0 aliphatic carbocycles. The Kier molecular flexibility index (Phi) is 3.64. The molecule has 15 heavy (non-hydrogen) atoms. The van der Waals surface area contributed by atoms with E-state index in [1.165, 1.54) is 0 Å². The molecule has 0 N–H and O–H groups in total. The van der Waals surface area contributed by atoms with Gasteiger partial charge in [0.1, 0.15) is 6.07 Å². The molecule has 0 amide bonds. The quantitative estimate of drug-likeness (QED) is 0.712. The third-order valence-corrected chi connectivity index (χ3v) is 2.52. The first kappa shape index (κ1) is 11.5. The van der Waals surface area contributed by atoms with Crippen LogP contribution in [-0.4, -0.2) is 26.1 Å². The van der Waals surface area contributed by atoms with Crippen LogP contribution in [0.1, 0.15) is 0 Å². The summed E-state index contributed by atoms with van der Waals surface area (Å²) < 4.78 is 0. The van der Waals surface area contributed by atoms with E-state index in [9.17, 15) is 0 Å². The van der Waals surface area contributed by atoms with Crippen LogP contribution >= 0.6 is 12.2 Å². The molecule has 0 spiro atoms. The number of anilines is 2. The summed E-state index contributed by atoms with van der Waals surface area (Å²) in [5, 5.41) is 8.67. The van der Waals surface area contributed by atoms with E-state index in [4.69, 9.17) is 17.5 Å². The van der Waals surface area contributed by atoms with Crippen LogP contribution in [0.3, 0.4) is 0 Å². The summed E-state index contributed by atoms with van der Waals surface area (Å²) in [5.74, 6) is 0. The molecule has 0 radical (unpaired) electrons. The minimum absolute atomic E-state index is 0.271. The van der Waals surface area contributed by atoms with Crippen LogP contribution in [0.4, 0.5) is 11.4 Å². The number of nitriles is 1. The average Bonchev–Trinajstić information content (AvgIpc) is 2.27. The monoisotopic (exact) mass is 219 g/mol. The summed E-state index contributed by atoms with van der Waals surface area (Å²) in [6, 6.07) is 9.82. The Morgan fingerprint density at radius 1 is 1.13 bits per heavy atom. The fourth-order valence-electron chi connectivity index (χ4n) is 1.17. The molecule has 0 aliphatic heterocycles. The van der Waals surface area contributed by atoms with E-state index in [0.29, 0.717) is 0 Å². The first-order valence-corrected chi connectivity index (χ1v) is 4.92. The summed E-state index contributed by atoms with van der Waals surface area (Å²) in [4.78, 5) is 3.98. The van der Waals surface area contributed by atoms with Gasteiger partial charge in [-0.05, 0) is 36.5 Å². The van der Waals surface area contributed by atoms with Crippen molar-refractivity contribution in [3.05, 3.63) is 24.3 Å². The van der Waals surface area contributed by atoms with E-state index in [2.05, 4.69) is 0 Å². The van der Waals surface area contributed by atoms with E-state index in [1.54, 1.807) is 11.9 Å². The number of hydrogen-bond acceptors (Lipinski definition) is 3. The van der Waals surface area contributed by atoms with Gasteiger partial charge in [0.15, 0.2) is 4.99 Å². The Bertz CT molecular complexity index is 389. The zero-order valence-electron chi connectivity index (χ0n) is 9.06. The third kappa shape index (κ3) is 2.67. The Balaban J connectivity index is 2.90. The maximum atomic E-state index is 8.67. The molecule has 1 rings (SSSR count). The number of thiocarbonyl (C=S) groups is 1. The third-order valence-electron chi connectivity index (χ3n) is 2.15. The van der Waals surface area contributed by atoms with E-state index in [-0.39, 0.29) is 4.99 Å². The molecule has 0 saturated heterocycles. The van der Waals surface area contributed by atoms with Crippen molar-refractivity contribution in [2.75, 3.05) is 30.9 Å². The fraction of sp³-hybridized carbons (Fsp3) is 0.273. The fourth-order valence-corrected chi connectivity index (χ4v) is 1.27. The van der Waals surface area contributed by atoms with Crippen molar-refractivity contribution in [3.63, 3.8) is 0 Å². The summed E-state index contributed by atoms with van der Waals surface area (Å²) in [5.41, 5.74) is 2.04. The molecule has 1 aromatic carbocycles. The summed E-state index contributed by atoms with van der Waals surface area (Å²) in [6.45, 7) is 0. The molecule has 78 valence electrons. The van der Waals surface area contributed by atoms with Crippen LogP contribution in [-0.2, 0) is 0 Å². The van der Waals surface area contributed by atoms with Gasteiger partial charge in [0.2, 0.25) is 0 Å². The van der Waals surface area contributed by atoms with Crippen molar-refractivity contribution in [2.24, 2.45) is 0 Å². The maximum Gasteiger partial charge on any atom is 0.185 e. The molecule has 0 unspecified atom stereocenters. The van der Waals surface area contributed by atoms with Gasteiger partial charge in [0.05, 0.1) is 0 Å². The Morgan fingerprint density at radius 3 is 2.00 bits per heavy atom. The number of nitrogens with zero attached hydrogens (tertiary/aromatic N) is 3. The highest BCUT2D eigenvalue weighted by atomic mass is 32.1. The summed E-state index contributed by atoms with van der Waals surface area (Å²) >= 11 is 4.90. The molecule has 1 aromatic rings. The van der Waals surface area contributed by atoms with Gasteiger partial charge >= 0.3 is 0 Å². The van der Waals surface area contributed by atoms with Crippen LogP contribution in [0, 0.1) is 11.3 Å². The minimum atomic E-state index is 0.271. The topological polar surface area (TPSA) is 30.3 Å². The minimum Gasteiger partial charge on any atom is -0.378 e. The van der Waals surface area contributed by atoms with Gasteiger partial charge in [0.25, 0.3) is 0 Å². The molecule has 3 nitrogen and oxygen atoms in total. The predicted molar refractivity (Wildman–Crippen MR) is 67.4 cm³/mol. The van der Waals surface area contributed by atoms with Crippen LogP contribution in [0.25, 0.3) is 0 Å². The molecule has 0 heterocycles. The highest BCUT2D eigenvalue weighted by Crippen LogP contribution is 2.18. The van der Waals surface area contributed by atoms with E-state index < -0.39 is 0 Å². The molecule has 0 atom stereocenters. The van der Waals surface area contributed by atoms with Gasteiger partial charge in [-0.15, -0.1) is 0 Å². The first-order valence-electron chi connectivity index (χ1n) is 4.51. The number of rotatable bonds is 2. The van der Waals surface area contributed by atoms with Gasteiger partial charge in [-0.3, -0.25) is 0 Å². The van der Waals surface area contributed by atoms with Crippen molar-refractivity contribution in [2.45, 2.75) is 0 Å². The lowest BCUT2D eigenvalue weighted by Gasteiger charge is -2.17. The van der Waals surface area contributed by atoms with Crippen LogP contribution < -0.4 is 9.80 Å². The van der Waals surface area contributed by atoms with Crippen molar-refractivity contribution >= 4 is 28.6 Å². The SMILES string of the molecule is CN(C)c1ccc(N(C)C(=S)C#N)cc1. The van der Waals surface area contributed by atoms with Crippen LogP contribution in [0.2, 0.25) is 0 Å². The molecule has 0 fully saturated rings. The average molecular weight is 219 g/mol. The van der Waals surface area contributed by atoms with E-state index in [1.807, 2.05) is 49.3 Å². The highest BCUT2D eigenvalue weighted by molar-refractivity contribution is 7.81. The van der Waals surface area contributed by atoms with Gasteiger partial charge in [-0.1, -0.05) is 0 Å². The summed E-state index contributed by atoms with van der Waals surface area (Å²) in [7, 11) is 5.76. The normalized spacial score (nSPS) is 9.20. The van der Waals surface area contributed by atoms with Gasteiger partial charge in [-0.2, -0.15) is 5.26 Å². The standard InChI is InChI=1S/C11H13N3S/c1-13(2)9-4-6-10(7-5-9)14(3)11(15)8-12/h4-7H,1-3H3. The van der Waals surface area contributed by atoms with Crippen molar-refractivity contribution in [3.8, 4) is 6.07 Å². The van der Waals surface area contributed by atoms with E-state index in [0.717, 1.165) is 11.4 Å². The maximum absolute atomic E-state index is 8.67. The van der Waals surface area contributed by atoms with Gasteiger partial charge < -0.3 is 9.80 Å². The lowest BCUT2D eigenvalue weighted by Crippen LogP contribution is -2.22. The molecule has 0 bridgehead atoms. The van der Waals surface area contributed by atoms with Crippen LogP contribution in [0.5, 0.6) is 0 Å². The summed E-state index contributed by atoms with van der Waals surface area (Å²) in [6.07, 6.45) is 0. The smallest absolute Gasteiger partial charge is 0.185 e. The van der Waals surface area contributed by atoms with Gasteiger partial charge in [-0.25, -0.2) is 0 Å². The second kappa shape index (κ2) is 4.76. The Morgan fingerprint density at radius 2 is 1.60 bits per heavy atom. The molecular weight excluding hydrogens is 206 g/mol. The molecule has 0 aromatic heterocycles. The second-order valence-corrected chi connectivity index (χ2v) is 3.77. The molecule has 0 aliphatic rings. The molecular formula is C11H13N3S. The molecule has 4 heteroatoms. The molecule has 0 saturated carbocycles. The van der Waals surface area contributed by atoms with Crippen molar-refractivity contribution in [1.29, 1.82) is 5.26 Å². The lowest BCUT2D eigenvalue weighted by atomic mass is 10.2. The second-order valence-electron chi connectivity index (χ2n) is 3.39. The Labute approximate surface area is 95.5 Å².